The number of aromatic nitrogens is 1. The van der Waals surface area contributed by atoms with Crippen LogP contribution in [0.1, 0.15) is 6.42 Å². The number of halogens is 4. The smallest absolute Gasteiger partial charge is 0.409 e. The average molecular weight is 465 g/mol. The van der Waals surface area contributed by atoms with Crippen LogP contribution in [-0.2, 0) is 9.59 Å². The number of nitrogens with zero attached hydrogens (tertiary/aromatic N) is 2. The number of para-hydroxylation sites is 2. The summed E-state index contributed by atoms with van der Waals surface area (Å²) < 4.78 is 59.8. The topological polar surface area (TPSA) is 75.4 Å². The van der Waals surface area contributed by atoms with Gasteiger partial charge in [-0.2, -0.15) is 13.2 Å². The number of nitrogens with one attached hydrogen (secondary N) is 1. The van der Waals surface area contributed by atoms with E-state index in [1.165, 1.54) is 48.7 Å². The number of carbonyl (C=O) groups is 2. The minimum absolute atomic E-state index is 0.0364. The Morgan fingerprint density at radius 2 is 1.91 bits per heavy atom. The molecule has 4 rings (SSSR count). The van der Waals surface area contributed by atoms with Crippen molar-refractivity contribution in [1.29, 1.82) is 0 Å². The number of oxazole rings is 1. The molecule has 6 nitrogen and oxygen atoms in total. The molecule has 1 aromatic heterocycles. The van der Waals surface area contributed by atoms with Gasteiger partial charge in [-0.3, -0.25) is 14.5 Å². The fourth-order valence-corrected chi connectivity index (χ4v) is 3.92. The third-order valence-corrected chi connectivity index (χ3v) is 5.53. The molecule has 0 bridgehead atoms. The van der Waals surface area contributed by atoms with Gasteiger partial charge in [0.1, 0.15) is 11.9 Å². The molecule has 0 radical (unpaired) electrons. The molecule has 2 heterocycles. The summed E-state index contributed by atoms with van der Waals surface area (Å²) in [5, 5.41) is 2.48. The Kier molecular flexibility index (Phi) is 5.92. The fraction of sp³-hybridized carbons (Fsp3) is 0.190. The van der Waals surface area contributed by atoms with E-state index >= 15 is 0 Å². The molecule has 1 N–H and O–H groups in total. The third-order valence-electron chi connectivity index (χ3n) is 4.71. The standard InChI is InChI=1S/C21H15F4N3O3S/c22-13-7-5-12(6-8-13)16-10-26-20(31-16)32-11-19(30)28-15-4-2-1-3-14(15)27-18(29)9-17(28)21(23,24)25/h1-8,10,17H,9,11H2,(H,27,29). The highest BCUT2D eigenvalue weighted by atomic mass is 32.2. The number of fused-ring (bicyclic) bond motifs is 1. The van der Waals surface area contributed by atoms with Gasteiger partial charge in [-0.1, -0.05) is 23.9 Å². The summed E-state index contributed by atoms with van der Waals surface area (Å²) in [4.78, 5) is 29.5. The molecule has 3 aromatic rings. The molecule has 2 amide bonds. The maximum Gasteiger partial charge on any atom is 0.409 e. The van der Waals surface area contributed by atoms with Crippen molar-refractivity contribution in [2.45, 2.75) is 23.9 Å². The van der Waals surface area contributed by atoms with Crippen molar-refractivity contribution in [3.63, 3.8) is 0 Å². The van der Waals surface area contributed by atoms with Crippen LogP contribution in [0.3, 0.4) is 0 Å². The third kappa shape index (κ3) is 4.62. The fourth-order valence-electron chi connectivity index (χ4n) is 3.26. The minimum atomic E-state index is -4.81. The van der Waals surface area contributed by atoms with Gasteiger partial charge in [0.25, 0.3) is 5.22 Å². The van der Waals surface area contributed by atoms with E-state index in [-0.39, 0.29) is 16.6 Å². The lowest BCUT2D eigenvalue weighted by atomic mass is 10.1. The molecule has 166 valence electrons. The molecule has 0 saturated carbocycles. The first-order valence-corrected chi connectivity index (χ1v) is 10.3. The largest absolute Gasteiger partial charge is 0.431 e. The van der Waals surface area contributed by atoms with Crippen molar-refractivity contribution in [2.75, 3.05) is 16.0 Å². The van der Waals surface area contributed by atoms with E-state index in [2.05, 4.69) is 10.3 Å². The van der Waals surface area contributed by atoms with Gasteiger partial charge in [0, 0.05) is 5.56 Å². The number of anilines is 2. The van der Waals surface area contributed by atoms with E-state index in [4.69, 9.17) is 4.42 Å². The molecular weight excluding hydrogens is 450 g/mol. The Balaban J connectivity index is 1.56. The first-order valence-electron chi connectivity index (χ1n) is 9.34. The van der Waals surface area contributed by atoms with Gasteiger partial charge < -0.3 is 9.73 Å². The van der Waals surface area contributed by atoms with E-state index in [9.17, 15) is 27.2 Å². The number of hydrogen-bond donors (Lipinski definition) is 1. The Bertz CT molecular complexity index is 1150. The SMILES string of the molecule is O=C1CC(C(F)(F)F)N(C(=O)CSc2ncc(-c3ccc(F)cc3)o2)c2ccccc2N1. The van der Waals surface area contributed by atoms with E-state index < -0.39 is 42.0 Å². The lowest BCUT2D eigenvalue weighted by Gasteiger charge is -2.31. The van der Waals surface area contributed by atoms with Gasteiger partial charge in [0.15, 0.2) is 5.76 Å². The van der Waals surface area contributed by atoms with Crippen LogP contribution in [0.25, 0.3) is 11.3 Å². The average Bonchev–Trinajstić information content (AvgIpc) is 3.15. The predicted octanol–water partition coefficient (Wildman–Crippen LogP) is 4.88. The van der Waals surface area contributed by atoms with Crippen molar-refractivity contribution in [1.82, 2.24) is 4.98 Å². The zero-order chi connectivity index (χ0) is 22.9. The quantitative estimate of drug-likeness (QED) is 0.439. The maximum atomic E-state index is 13.7. The van der Waals surface area contributed by atoms with Gasteiger partial charge in [-0.25, -0.2) is 9.37 Å². The lowest BCUT2D eigenvalue weighted by Crippen LogP contribution is -2.50. The number of amides is 2. The maximum absolute atomic E-state index is 13.7. The Morgan fingerprint density at radius 3 is 2.62 bits per heavy atom. The molecule has 0 aliphatic carbocycles. The summed E-state index contributed by atoms with van der Waals surface area (Å²) >= 11 is 0.820. The van der Waals surface area contributed by atoms with Crippen LogP contribution in [0.2, 0.25) is 0 Å². The van der Waals surface area contributed by atoms with Crippen LogP contribution in [0, 0.1) is 5.82 Å². The van der Waals surface area contributed by atoms with E-state index in [0.29, 0.717) is 16.2 Å². The van der Waals surface area contributed by atoms with Crippen LogP contribution in [0.15, 0.2) is 64.4 Å². The monoisotopic (exact) mass is 465 g/mol. The van der Waals surface area contributed by atoms with E-state index in [0.717, 1.165) is 11.8 Å². The summed E-state index contributed by atoms with van der Waals surface area (Å²) in [6.45, 7) is 0. The highest BCUT2D eigenvalue weighted by Gasteiger charge is 2.48. The number of carbonyl (C=O) groups excluding carboxylic acids is 2. The molecule has 11 heteroatoms. The molecule has 1 aliphatic rings. The number of rotatable bonds is 4. The number of alkyl halides is 3. The zero-order valence-electron chi connectivity index (χ0n) is 16.2. The van der Waals surface area contributed by atoms with E-state index in [1.54, 1.807) is 6.07 Å². The molecule has 2 aromatic carbocycles. The minimum Gasteiger partial charge on any atom is -0.431 e. The number of hydrogen-bond acceptors (Lipinski definition) is 5. The normalized spacial score (nSPS) is 16.3. The Labute approximate surface area is 183 Å². The molecule has 1 unspecified atom stereocenters. The molecule has 0 fully saturated rings. The number of benzene rings is 2. The van der Waals surface area contributed by atoms with Crippen molar-refractivity contribution < 1.29 is 31.6 Å². The lowest BCUT2D eigenvalue weighted by molar-refractivity contribution is -0.157. The van der Waals surface area contributed by atoms with Gasteiger partial charge in [0.05, 0.1) is 29.7 Å². The highest BCUT2D eigenvalue weighted by Crippen LogP contribution is 2.38. The van der Waals surface area contributed by atoms with Crippen LogP contribution in [-0.4, -0.2) is 34.8 Å². The van der Waals surface area contributed by atoms with Crippen molar-refractivity contribution in [3.05, 3.63) is 60.5 Å². The van der Waals surface area contributed by atoms with Crippen LogP contribution >= 0.6 is 11.8 Å². The predicted molar refractivity (Wildman–Crippen MR) is 110 cm³/mol. The van der Waals surface area contributed by atoms with Crippen LogP contribution in [0.4, 0.5) is 28.9 Å². The van der Waals surface area contributed by atoms with Gasteiger partial charge in [0.2, 0.25) is 11.8 Å². The molecular formula is C21H15F4N3O3S. The zero-order valence-corrected chi connectivity index (χ0v) is 17.0. The van der Waals surface area contributed by atoms with E-state index in [1.807, 2.05) is 0 Å². The van der Waals surface area contributed by atoms with Gasteiger partial charge in [-0.15, -0.1) is 0 Å². The first kappa shape index (κ1) is 21.9. The summed E-state index contributed by atoms with van der Waals surface area (Å²) in [6.07, 6.45) is -4.35. The highest BCUT2D eigenvalue weighted by molar-refractivity contribution is 7.99. The second-order valence-electron chi connectivity index (χ2n) is 6.88. The van der Waals surface area contributed by atoms with Gasteiger partial charge in [-0.05, 0) is 36.4 Å². The van der Waals surface area contributed by atoms with Crippen molar-refractivity contribution in [2.24, 2.45) is 0 Å². The molecule has 32 heavy (non-hydrogen) atoms. The summed E-state index contributed by atoms with van der Waals surface area (Å²) in [7, 11) is 0. The van der Waals surface area contributed by atoms with Gasteiger partial charge >= 0.3 is 6.18 Å². The first-order chi connectivity index (χ1) is 15.2. The molecule has 1 aliphatic heterocycles. The molecule has 0 saturated heterocycles. The van der Waals surface area contributed by atoms with Crippen molar-refractivity contribution in [3.8, 4) is 11.3 Å². The van der Waals surface area contributed by atoms with Crippen LogP contribution < -0.4 is 10.2 Å². The second kappa shape index (κ2) is 8.65. The van der Waals surface area contributed by atoms with Crippen molar-refractivity contribution >= 4 is 35.0 Å². The Morgan fingerprint density at radius 1 is 1.19 bits per heavy atom. The Hall–Kier alpha value is -3.34. The number of thioether (sulfide) groups is 1. The summed E-state index contributed by atoms with van der Waals surface area (Å²) in [6, 6.07) is 8.98. The molecule has 0 spiro atoms. The molecule has 1 atom stereocenters. The second-order valence-corrected chi connectivity index (χ2v) is 7.80. The summed E-state index contributed by atoms with van der Waals surface area (Å²) in [5.41, 5.74) is 0.642. The van der Waals surface area contributed by atoms with Crippen LogP contribution in [0.5, 0.6) is 0 Å². The summed E-state index contributed by atoms with van der Waals surface area (Å²) in [5.74, 6) is -2.19.